The first kappa shape index (κ1) is 24.3. The highest BCUT2D eigenvalue weighted by Crippen LogP contribution is 2.29. The van der Waals surface area contributed by atoms with Gasteiger partial charge in [0.2, 0.25) is 11.8 Å². The highest BCUT2D eigenvalue weighted by molar-refractivity contribution is 7.11. The summed E-state index contributed by atoms with van der Waals surface area (Å²) in [5, 5.41) is 7.67. The third kappa shape index (κ3) is 6.02. The number of H-pyrrole nitrogens is 1. The lowest BCUT2D eigenvalue weighted by Crippen LogP contribution is -2.28. The van der Waals surface area contributed by atoms with Gasteiger partial charge in [-0.25, -0.2) is 9.97 Å². The van der Waals surface area contributed by atoms with Crippen molar-refractivity contribution < 1.29 is 14.3 Å². The van der Waals surface area contributed by atoms with Crippen LogP contribution in [-0.4, -0.2) is 45.9 Å². The standard InChI is InChI=1S/C25H28N6O3S/c1-26-22(32)7-5-3-4-6-19(31-24(33)21-14-27-15-35-21)23-29-13-20(30-23)17-9-8-16-10-11-28-25(34-2)18(16)12-17/h8-15,19H,3-7H2,1-2H3,(H,26,32)(H,29,30)(H,31,33). The van der Waals surface area contributed by atoms with Gasteiger partial charge in [0.1, 0.15) is 10.7 Å². The van der Waals surface area contributed by atoms with Crippen molar-refractivity contribution in [3.63, 3.8) is 0 Å². The zero-order chi connectivity index (χ0) is 24.6. The van der Waals surface area contributed by atoms with E-state index in [-0.39, 0.29) is 17.9 Å². The Hall–Kier alpha value is -3.79. The Bertz CT molecular complexity index is 1290. The van der Waals surface area contributed by atoms with Crippen LogP contribution in [0.3, 0.4) is 0 Å². The lowest BCUT2D eigenvalue weighted by molar-refractivity contribution is -0.120. The number of carbonyl (C=O) groups is 2. The van der Waals surface area contributed by atoms with E-state index in [0.29, 0.717) is 29.4 Å². The Morgan fingerprint density at radius 2 is 2.03 bits per heavy atom. The SMILES string of the molecule is CNC(=O)CCCCCC(NC(=O)c1cncs1)c1ncc(-c2ccc3ccnc(OC)c3c2)[nH]1. The number of ether oxygens (including phenoxy) is 1. The van der Waals surface area contributed by atoms with Gasteiger partial charge in [-0.2, -0.15) is 0 Å². The lowest BCUT2D eigenvalue weighted by Gasteiger charge is -2.16. The number of carbonyl (C=O) groups excluding carboxylic acids is 2. The van der Waals surface area contributed by atoms with E-state index in [0.717, 1.165) is 41.3 Å². The predicted octanol–water partition coefficient (Wildman–Crippen LogP) is 4.26. The molecule has 0 aliphatic carbocycles. The summed E-state index contributed by atoms with van der Waals surface area (Å²) in [6, 6.07) is 7.69. The molecule has 1 atom stereocenters. The van der Waals surface area contributed by atoms with Gasteiger partial charge in [0, 0.05) is 30.6 Å². The zero-order valence-electron chi connectivity index (χ0n) is 19.7. The second kappa shape index (κ2) is 11.6. The van der Waals surface area contributed by atoms with E-state index in [9.17, 15) is 9.59 Å². The van der Waals surface area contributed by atoms with Crippen molar-refractivity contribution in [2.75, 3.05) is 14.2 Å². The molecule has 10 heteroatoms. The van der Waals surface area contributed by atoms with E-state index < -0.39 is 0 Å². The molecular formula is C25H28N6O3S. The maximum atomic E-state index is 12.7. The zero-order valence-corrected chi connectivity index (χ0v) is 20.5. The Kier molecular flexibility index (Phi) is 8.04. The van der Waals surface area contributed by atoms with E-state index >= 15 is 0 Å². The van der Waals surface area contributed by atoms with Gasteiger partial charge in [0.15, 0.2) is 0 Å². The van der Waals surface area contributed by atoms with E-state index in [1.54, 1.807) is 38.3 Å². The van der Waals surface area contributed by atoms with Crippen molar-refractivity contribution in [1.82, 2.24) is 30.6 Å². The molecule has 0 radical (unpaired) electrons. The van der Waals surface area contributed by atoms with Crippen LogP contribution in [0, 0.1) is 0 Å². The number of imidazole rings is 1. The van der Waals surface area contributed by atoms with Crippen molar-refractivity contribution in [2.45, 2.75) is 38.1 Å². The highest BCUT2D eigenvalue weighted by Gasteiger charge is 2.20. The molecule has 0 fully saturated rings. The van der Waals surface area contributed by atoms with E-state index in [1.807, 2.05) is 24.3 Å². The van der Waals surface area contributed by atoms with Crippen LogP contribution in [-0.2, 0) is 4.79 Å². The molecule has 35 heavy (non-hydrogen) atoms. The van der Waals surface area contributed by atoms with Crippen molar-refractivity contribution in [1.29, 1.82) is 0 Å². The predicted molar refractivity (Wildman–Crippen MR) is 135 cm³/mol. The highest BCUT2D eigenvalue weighted by atomic mass is 32.1. The molecule has 1 aromatic carbocycles. The van der Waals surface area contributed by atoms with Crippen LogP contribution in [0.5, 0.6) is 5.88 Å². The molecule has 3 heterocycles. The normalized spacial score (nSPS) is 11.8. The smallest absolute Gasteiger partial charge is 0.263 e. The first-order valence-electron chi connectivity index (χ1n) is 11.5. The summed E-state index contributed by atoms with van der Waals surface area (Å²) >= 11 is 1.30. The lowest BCUT2D eigenvalue weighted by atomic mass is 10.1. The molecule has 4 aromatic rings. The second-order valence-corrected chi connectivity index (χ2v) is 8.99. The Labute approximate surface area is 207 Å². The number of nitrogens with zero attached hydrogens (tertiary/aromatic N) is 3. The quantitative estimate of drug-likeness (QED) is 0.269. The fraction of sp³-hybridized carbons (Fsp3) is 0.320. The summed E-state index contributed by atoms with van der Waals surface area (Å²) in [7, 11) is 3.25. The van der Waals surface area contributed by atoms with Crippen LogP contribution in [0.1, 0.15) is 53.6 Å². The Morgan fingerprint density at radius 1 is 1.14 bits per heavy atom. The average Bonchev–Trinajstić information content (AvgIpc) is 3.60. The fourth-order valence-corrected chi connectivity index (χ4v) is 4.43. The minimum Gasteiger partial charge on any atom is -0.481 e. The first-order chi connectivity index (χ1) is 17.1. The number of methoxy groups -OCH3 is 1. The number of hydrogen-bond donors (Lipinski definition) is 3. The number of unbranched alkanes of at least 4 members (excludes halogenated alkanes) is 2. The molecule has 0 aliphatic heterocycles. The maximum Gasteiger partial charge on any atom is 0.263 e. The molecule has 3 N–H and O–H groups in total. The van der Waals surface area contributed by atoms with Crippen LogP contribution in [0.2, 0.25) is 0 Å². The fourth-order valence-electron chi connectivity index (χ4n) is 3.90. The molecule has 0 bridgehead atoms. The molecule has 182 valence electrons. The molecule has 4 rings (SSSR count). The van der Waals surface area contributed by atoms with Gasteiger partial charge in [-0.05, 0) is 30.4 Å². The minimum atomic E-state index is -0.296. The summed E-state index contributed by atoms with van der Waals surface area (Å²) in [6.45, 7) is 0. The molecular weight excluding hydrogens is 464 g/mol. The summed E-state index contributed by atoms with van der Waals surface area (Å²) in [6.07, 6.45) is 8.78. The molecule has 3 aromatic heterocycles. The molecule has 0 saturated heterocycles. The van der Waals surface area contributed by atoms with Crippen molar-refractivity contribution >= 4 is 33.9 Å². The molecule has 9 nitrogen and oxygen atoms in total. The first-order valence-corrected chi connectivity index (χ1v) is 12.3. The number of thiazole rings is 1. The number of fused-ring (bicyclic) bond motifs is 1. The number of amides is 2. The van der Waals surface area contributed by atoms with Gasteiger partial charge < -0.3 is 20.4 Å². The Morgan fingerprint density at radius 3 is 2.80 bits per heavy atom. The largest absolute Gasteiger partial charge is 0.481 e. The molecule has 0 aliphatic rings. The van der Waals surface area contributed by atoms with Gasteiger partial charge in [-0.15, -0.1) is 11.3 Å². The van der Waals surface area contributed by atoms with Crippen molar-refractivity contribution in [3.05, 3.63) is 59.1 Å². The van der Waals surface area contributed by atoms with Gasteiger partial charge >= 0.3 is 0 Å². The summed E-state index contributed by atoms with van der Waals surface area (Å²) < 4.78 is 5.41. The number of aromatic amines is 1. The number of benzene rings is 1. The topological polar surface area (TPSA) is 122 Å². The third-order valence-electron chi connectivity index (χ3n) is 5.80. The summed E-state index contributed by atoms with van der Waals surface area (Å²) in [5.74, 6) is 1.11. The number of rotatable bonds is 11. The summed E-state index contributed by atoms with van der Waals surface area (Å²) in [5.41, 5.74) is 3.42. The van der Waals surface area contributed by atoms with E-state index in [4.69, 9.17) is 4.74 Å². The summed E-state index contributed by atoms with van der Waals surface area (Å²) in [4.78, 5) is 41.0. The van der Waals surface area contributed by atoms with Crippen molar-refractivity contribution in [3.8, 4) is 17.1 Å². The number of aromatic nitrogens is 4. The van der Waals surface area contributed by atoms with Crippen LogP contribution in [0.15, 0.2) is 48.4 Å². The van der Waals surface area contributed by atoms with Crippen molar-refractivity contribution in [2.24, 2.45) is 0 Å². The van der Waals surface area contributed by atoms with Crippen LogP contribution in [0.25, 0.3) is 22.0 Å². The van der Waals surface area contributed by atoms with Gasteiger partial charge in [0.25, 0.3) is 5.91 Å². The third-order valence-corrected chi connectivity index (χ3v) is 6.57. The molecule has 0 spiro atoms. The van der Waals surface area contributed by atoms with E-state index in [2.05, 4.69) is 30.6 Å². The molecule has 0 saturated carbocycles. The molecule has 1 unspecified atom stereocenters. The van der Waals surface area contributed by atoms with Gasteiger partial charge in [-0.3, -0.25) is 14.6 Å². The Balaban J connectivity index is 1.52. The average molecular weight is 493 g/mol. The number of nitrogens with one attached hydrogen (secondary N) is 3. The monoisotopic (exact) mass is 492 g/mol. The maximum absolute atomic E-state index is 12.7. The van der Waals surface area contributed by atoms with E-state index in [1.165, 1.54) is 11.3 Å². The number of pyridine rings is 1. The second-order valence-electron chi connectivity index (χ2n) is 8.10. The minimum absolute atomic E-state index is 0.0398. The van der Waals surface area contributed by atoms with Gasteiger partial charge in [-0.1, -0.05) is 25.0 Å². The van der Waals surface area contributed by atoms with Gasteiger partial charge in [0.05, 0.1) is 36.7 Å². The van der Waals surface area contributed by atoms with Crippen LogP contribution in [0.4, 0.5) is 0 Å². The molecule has 2 amide bonds. The van der Waals surface area contributed by atoms with Crippen LogP contribution >= 0.6 is 11.3 Å². The number of hydrogen-bond acceptors (Lipinski definition) is 7. The van der Waals surface area contributed by atoms with Crippen LogP contribution < -0.4 is 15.4 Å².